The van der Waals surface area contributed by atoms with Crippen LogP contribution in [0.3, 0.4) is 0 Å². The Hall–Kier alpha value is -1.68. The summed E-state index contributed by atoms with van der Waals surface area (Å²) in [6.45, 7) is 4.54. The van der Waals surface area contributed by atoms with Crippen LogP contribution in [0.5, 0.6) is 0 Å². The van der Waals surface area contributed by atoms with E-state index in [0.29, 0.717) is 31.5 Å². The monoisotopic (exact) mass is 274 g/mol. The molecule has 0 aromatic heterocycles. The number of carbonyl (C=O) groups is 2. The molecule has 1 saturated heterocycles. The molecule has 0 unspecified atom stereocenters. The number of amides is 2. The van der Waals surface area contributed by atoms with Gasteiger partial charge in [0.2, 0.25) is 11.8 Å². The van der Waals surface area contributed by atoms with Crippen LogP contribution >= 0.6 is 0 Å². The molecule has 0 saturated carbocycles. The molecular weight excluding hydrogens is 252 g/mol. The van der Waals surface area contributed by atoms with Crippen molar-refractivity contribution in [1.82, 2.24) is 0 Å². The SMILES string of the molecule is CCC1(CC)CC(=O)N(c2ccc(CCN)cc2)C1=O. The molecule has 0 radical (unpaired) electrons. The largest absolute Gasteiger partial charge is 0.330 e. The molecule has 2 N–H and O–H groups in total. The first kappa shape index (κ1) is 14.7. The minimum absolute atomic E-state index is 0.0564. The highest BCUT2D eigenvalue weighted by Crippen LogP contribution is 2.41. The number of carbonyl (C=O) groups excluding carboxylic acids is 2. The van der Waals surface area contributed by atoms with Crippen molar-refractivity contribution in [2.75, 3.05) is 11.4 Å². The van der Waals surface area contributed by atoms with Crippen LogP contribution in [0.4, 0.5) is 5.69 Å². The van der Waals surface area contributed by atoms with Gasteiger partial charge in [0.15, 0.2) is 0 Å². The lowest BCUT2D eigenvalue weighted by Gasteiger charge is -2.23. The maximum Gasteiger partial charge on any atom is 0.240 e. The van der Waals surface area contributed by atoms with Crippen LogP contribution in [0.25, 0.3) is 0 Å². The Morgan fingerprint density at radius 1 is 1.15 bits per heavy atom. The van der Waals surface area contributed by atoms with Gasteiger partial charge in [-0.2, -0.15) is 0 Å². The molecule has 0 bridgehead atoms. The molecule has 4 nitrogen and oxygen atoms in total. The fourth-order valence-corrected chi connectivity index (χ4v) is 2.84. The highest BCUT2D eigenvalue weighted by atomic mass is 16.2. The van der Waals surface area contributed by atoms with Gasteiger partial charge in [-0.3, -0.25) is 14.5 Å². The molecule has 20 heavy (non-hydrogen) atoms. The topological polar surface area (TPSA) is 63.4 Å². The van der Waals surface area contributed by atoms with Crippen molar-refractivity contribution >= 4 is 17.5 Å². The molecular formula is C16H22N2O2. The van der Waals surface area contributed by atoms with Gasteiger partial charge in [0.05, 0.1) is 11.1 Å². The van der Waals surface area contributed by atoms with E-state index in [9.17, 15) is 9.59 Å². The molecule has 2 rings (SSSR count). The minimum atomic E-state index is -0.507. The van der Waals surface area contributed by atoms with Crippen LogP contribution in [0.2, 0.25) is 0 Å². The van der Waals surface area contributed by atoms with Crippen LogP contribution in [0, 0.1) is 5.41 Å². The van der Waals surface area contributed by atoms with Crippen molar-refractivity contribution in [2.24, 2.45) is 11.1 Å². The zero-order valence-corrected chi connectivity index (χ0v) is 12.2. The fraction of sp³-hybridized carbons (Fsp3) is 0.500. The van der Waals surface area contributed by atoms with E-state index in [1.165, 1.54) is 4.90 Å². The Morgan fingerprint density at radius 3 is 2.20 bits per heavy atom. The molecule has 1 aliphatic rings. The number of imide groups is 1. The molecule has 0 aliphatic carbocycles. The lowest BCUT2D eigenvalue weighted by molar-refractivity contribution is -0.126. The molecule has 2 amide bonds. The fourth-order valence-electron chi connectivity index (χ4n) is 2.84. The summed E-state index contributed by atoms with van der Waals surface area (Å²) in [7, 11) is 0. The van der Waals surface area contributed by atoms with Crippen molar-refractivity contribution in [2.45, 2.75) is 39.5 Å². The number of rotatable bonds is 5. The predicted molar refractivity (Wildman–Crippen MR) is 79.3 cm³/mol. The zero-order chi connectivity index (χ0) is 14.8. The van der Waals surface area contributed by atoms with Gasteiger partial charge >= 0.3 is 0 Å². The maximum absolute atomic E-state index is 12.6. The number of nitrogens with zero attached hydrogens (tertiary/aromatic N) is 1. The van der Waals surface area contributed by atoms with Gasteiger partial charge in [0, 0.05) is 6.42 Å². The second-order valence-electron chi connectivity index (χ2n) is 5.40. The Bertz CT molecular complexity index is 504. The summed E-state index contributed by atoms with van der Waals surface area (Å²) in [4.78, 5) is 26.2. The zero-order valence-electron chi connectivity index (χ0n) is 12.2. The summed E-state index contributed by atoms with van der Waals surface area (Å²) in [5.74, 6) is -0.149. The molecule has 0 spiro atoms. The number of benzene rings is 1. The second kappa shape index (κ2) is 5.75. The summed E-state index contributed by atoms with van der Waals surface area (Å²) < 4.78 is 0. The van der Waals surface area contributed by atoms with Crippen molar-refractivity contribution in [3.63, 3.8) is 0 Å². The van der Waals surface area contributed by atoms with Crippen LogP contribution in [0.15, 0.2) is 24.3 Å². The van der Waals surface area contributed by atoms with E-state index in [-0.39, 0.29) is 11.8 Å². The first-order chi connectivity index (χ1) is 9.57. The van der Waals surface area contributed by atoms with Gasteiger partial charge in [-0.05, 0) is 43.5 Å². The van der Waals surface area contributed by atoms with E-state index in [0.717, 1.165) is 12.0 Å². The molecule has 108 valence electrons. The molecule has 1 heterocycles. The quantitative estimate of drug-likeness (QED) is 0.838. The van der Waals surface area contributed by atoms with E-state index in [4.69, 9.17) is 5.73 Å². The van der Waals surface area contributed by atoms with Crippen LogP contribution in [-0.4, -0.2) is 18.4 Å². The average Bonchev–Trinajstić information content (AvgIpc) is 2.72. The third kappa shape index (κ3) is 2.36. The molecule has 1 aliphatic heterocycles. The summed E-state index contributed by atoms with van der Waals surface area (Å²) in [6.07, 6.45) is 2.53. The van der Waals surface area contributed by atoms with Crippen LogP contribution in [-0.2, 0) is 16.0 Å². The van der Waals surface area contributed by atoms with Crippen LogP contribution in [0.1, 0.15) is 38.7 Å². The molecule has 0 atom stereocenters. The van der Waals surface area contributed by atoms with Gasteiger partial charge in [0.1, 0.15) is 0 Å². The summed E-state index contributed by atoms with van der Waals surface area (Å²) in [6, 6.07) is 7.53. The smallest absolute Gasteiger partial charge is 0.240 e. The standard InChI is InChI=1S/C16H22N2O2/c1-3-16(4-2)11-14(19)18(15(16)20)13-7-5-12(6-8-13)9-10-17/h5-8H,3-4,9-11,17H2,1-2H3. The van der Waals surface area contributed by atoms with Crippen molar-refractivity contribution < 1.29 is 9.59 Å². The average molecular weight is 274 g/mol. The molecule has 1 aromatic rings. The number of anilines is 1. The number of nitrogens with two attached hydrogens (primary N) is 1. The molecule has 1 fully saturated rings. The summed E-state index contributed by atoms with van der Waals surface area (Å²) in [5.41, 5.74) is 6.80. The van der Waals surface area contributed by atoms with Crippen LogP contribution < -0.4 is 10.6 Å². The second-order valence-corrected chi connectivity index (χ2v) is 5.40. The Kier molecular flexibility index (Phi) is 4.23. The normalized spacial score (nSPS) is 17.9. The van der Waals surface area contributed by atoms with E-state index < -0.39 is 5.41 Å². The Balaban J connectivity index is 2.28. The lowest BCUT2D eigenvalue weighted by Crippen LogP contribution is -2.35. The third-order valence-corrected chi connectivity index (χ3v) is 4.38. The van der Waals surface area contributed by atoms with Gasteiger partial charge in [-0.15, -0.1) is 0 Å². The lowest BCUT2D eigenvalue weighted by atomic mass is 9.81. The molecule has 4 heteroatoms. The maximum atomic E-state index is 12.6. The van der Waals surface area contributed by atoms with Gasteiger partial charge in [-0.25, -0.2) is 0 Å². The summed E-state index contributed by atoms with van der Waals surface area (Å²) in [5, 5.41) is 0. The predicted octanol–water partition coefficient (Wildman–Crippen LogP) is 2.26. The van der Waals surface area contributed by atoms with Crippen molar-refractivity contribution in [1.29, 1.82) is 0 Å². The van der Waals surface area contributed by atoms with Crippen molar-refractivity contribution in [3.05, 3.63) is 29.8 Å². The van der Waals surface area contributed by atoms with Gasteiger partial charge in [0.25, 0.3) is 0 Å². The number of hydrogen-bond acceptors (Lipinski definition) is 3. The Labute approximate surface area is 119 Å². The first-order valence-electron chi connectivity index (χ1n) is 7.24. The minimum Gasteiger partial charge on any atom is -0.330 e. The van der Waals surface area contributed by atoms with E-state index in [1.54, 1.807) is 0 Å². The van der Waals surface area contributed by atoms with E-state index >= 15 is 0 Å². The first-order valence-corrected chi connectivity index (χ1v) is 7.24. The van der Waals surface area contributed by atoms with Gasteiger partial charge < -0.3 is 5.73 Å². The third-order valence-electron chi connectivity index (χ3n) is 4.38. The van der Waals surface area contributed by atoms with E-state index in [1.807, 2.05) is 38.1 Å². The molecule has 1 aromatic carbocycles. The van der Waals surface area contributed by atoms with Crippen molar-refractivity contribution in [3.8, 4) is 0 Å². The summed E-state index contributed by atoms with van der Waals surface area (Å²) >= 11 is 0. The number of hydrogen-bond donors (Lipinski definition) is 1. The highest BCUT2D eigenvalue weighted by Gasteiger charge is 2.49. The van der Waals surface area contributed by atoms with E-state index in [2.05, 4.69) is 0 Å². The van der Waals surface area contributed by atoms with Gasteiger partial charge in [-0.1, -0.05) is 26.0 Å². The highest BCUT2D eigenvalue weighted by molar-refractivity contribution is 6.22. The Morgan fingerprint density at radius 2 is 1.75 bits per heavy atom.